The second-order valence-corrected chi connectivity index (χ2v) is 2.68. The molecule has 0 rings (SSSR count). The zero-order valence-electron chi connectivity index (χ0n) is 11.7. The molecule has 110 valence electrons. The molecule has 0 amide bonds. The van der Waals surface area contributed by atoms with E-state index < -0.39 is 38.4 Å². The number of ether oxygens (including phenoxy) is 2. The van der Waals surface area contributed by atoms with E-state index in [-0.39, 0.29) is 20.3 Å². The van der Waals surface area contributed by atoms with Crippen LogP contribution in [0.15, 0.2) is 25.3 Å². The number of hydrogen-bond acceptors (Lipinski definition) is 7. The van der Waals surface area contributed by atoms with Gasteiger partial charge in [-0.2, -0.15) is 8.78 Å². The van der Waals surface area contributed by atoms with Crippen molar-refractivity contribution in [1.82, 2.24) is 0 Å². The van der Waals surface area contributed by atoms with Crippen LogP contribution in [0.2, 0.25) is 0 Å². The Bertz CT molecular complexity index is 294. The first-order valence-corrected chi connectivity index (χ1v) is 4.69. The normalized spacial score (nSPS) is 11.4. The van der Waals surface area contributed by atoms with Gasteiger partial charge in [-0.3, -0.25) is 9.59 Å². The Morgan fingerprint density at radius 3 is 1.55 bits per heavy atom. The molecule has 3 N–H and O–H groups in total. The van der Waals surface area contributed by atoms with E-state index in [2.05, 4.69) is 22.6 Å². The van der Waals surface area contributed by atoms with Gasteiger partial charge in [0.2, 0.25) is 0 Å². The fourth-order valence-corrected chi connectivity index (χ4v) is 0.549. The van der Waals surface area contributed by atoms with E-state index in [0.717, 1.165) is 12.2 Å². The van der Waals surface area contributed by atoms with Gasteiger partial charge in [-0.05, 0) is 12.2 Å². The van der Waals surface area contributed by atoms with Crippen molar-refractivity contribution in [3.8, 4) is 0 Å². The molecule has 0 aliphatic heterocycles. The number of hydrogen-bond donors (Lipinski definition) is 3. The Balaban J connectivity index is -0.000000213. The molecule has 20 heavy (non-hydrogen) atoms. The van der Waals surface area contributed by atoms with Crippen LogP contribution < -0.4 is 18.9 Å². The summed E-state index contributed by atoms with van der Waals surface area (Å²) in [4.78, 5) is 21.5. The third kappa shape index (κ3) is 19.2. The summed E-state index contributed by atoms with van der Waals surface area (Å²) in [6.45, 7) is 6.03. The van der Waals surface area contributed by atoms with Crippen molar-refractivity contribution < 1.29 is 63.2 Å². The predicted octanol–water partition coefficient (Wildman–Crippen LogP) is -3.51. The standard InChI is InChI=1S/C9H10F2O4.BH3O3.Li.H/c1-3-6(10)14-8(12)5-9(13)15-7(11)4-2;2-1(3)4;;/h3-4,6-7H,1-2,5H2;2-4H;;/q;;+1;-1. The minimum absolute atomic E-state index is 0. The number of rotatable bonds is 6. The van der Waals surface area contributed by atoms with Crippen LogP contribution in [0.25, 0.3) is 0 Å². The molecule has 0 bridgehead atoms. The van der Waals surface area contributed by atoms with Gasteiger partial charge in [0.1, 0.15) is 6.42 Å². The Morgan fingerprint density at radius 1 is 1.10 bits per heavy atom. The Hall–Kier alpha value is -1.18. The second kappa shape index (κ2) is 14.2. The van der Waals surface area contributed by atoms with Crippen molar-refractivity contribution in [3.05, 3.63) is 25.3 Å². The number of carbonyl (C=O) groups excluding carboxylic acids is 2. The van der Waals surface area contributed by atoms with Crippen molar-refractivity contribution in [3.63, 3.8) is 0 Å². The van der Waals surface area contributed by atoms with Crippen LogP contribution in [0.5, 0.6) is 0 Å². The zero-order valence-corrected chi connectivity index (χ0v) is 10.7. The summed E-state index contributed by atoms with van der Waals surface area (Å²) < 4.78 is 32.7. The molecule has 2 unspecified atom stereocenters. The van der Waals surface area contributed by atoms with E-state index in [4.69, 9.17) is 15.1 Å². The molecule has 0 heterocycles. The monoisotopic (exact) mass is 290 g/mol. The molecular formula is C9H14BF2LiO7. The van der Waals surface area contributed by atoms with Crippen molar-refractivity contribution in [1.29, 1.82) is 0 Å². The van der Waals surface area contributed by atoms with Crippen molar-refractivity contribution in [2.75, 3.05) is 0 Å². The molecule has 0 aliphatic rings. The van der Waals surface area contributed by atoms with Gasteiger partial charge in [-0.15, -0.1) is 0 Å². The molecule has 2 atom stereocenters. The molecule has 0 spiro atoms. The van der Waals surface area contributed by atoms with Crippen molar-refractivity contribution in [2.45, 2.75) is 19.1 Å². The molecule has 0 saturated heterocycles. The van der Waals surface area contributed by atoms with Gasteiger partial charge in [0, 0.05) is 0 Å². The van der Waals surface area contributed by atoms with E-state index in [1.165, 1.54) is 0 Å². The number of esters is 2. The van der Waals surface area contributed by atoms with Crippen LogP contribution >= 0.6 is 0 Å². The maximum absolute atomic E-state index is 12.4. The molecule has 0 aromatic carbocycles. The first-order valence-electron chi connectivity index (χ1n) is 4.69. The van der Waals surface area contributed by atoms with Crippen LogP contribution in [0.4, 0.5) is 8.78 Å². The van der Waals surface area contributed by atoms with Crippen LogP contribution in [0, 0.1) is 0 Å². The molecule has 0 aromatic rings. The maximum atomic E-state index is 12.4. The summed E-state index contributed by atoms with van der Waals surface area (Å²) in [5.74, 6) is -2.33. The van der Waals surface area contributed by atoms with Crippen LogP contribution in [0.3, 0.4) is 0 Å². The summed E-state index contributed by atoms with van der Waals surface area (Å²) in [6.07, 6.45) is -3.41. The Kier molecular flexibility index (Phi) is 17.0. The maximum Gasteiger partial charge on any atom is 1.00 e. The smallest absolute Gasteiger partial charge is 1.00 e. The summed E-state index contributed by atoms with van der Waals surface area (Å²) in [7, 11) is -2.17. The molecule has 0 fully saturated rings. The summed E-state index contributed by atoms with van der Waals surface area (Å²) in [6, 6.07) is 0. The van der Waals surface area contributed by atoms with Crippen LogP contribution in [-0.2, 0) is 19.1 Å². The van der Waals surface area contributed by atoms with Crippen molar-refractivity contribution >= 4 is 19.3 Å². The van der Waals surface area contributed by atoms with Gasteiger partial charge in [-0.1, -0.05) is 13.2 Å². The third-order valence-corrected chi connectivity index (χ3v) is 1.15. The van der Waals surface area contributed by atoms with Gasteiger partial charge < -0.3 is 26.0 Å². The molecule has 7 nitrogen and oxygen atoms in total. The number of halogens is 2. The minimum atomic E-state index is -2.17. The average Bonchev–Trinajstić information content (AvgIpc) is 2.27. The number of carbonyl (C=O) groups is 2. The van der Waals surface area contributed by atoms with Crippen LogP contribution in [-0.4, -0.2) is 47.0 Å². The quantitative estimate of drug-likeness (QED) is 0.201. The van der Waals surface area contributed by atoms with E-state index in [1.54, 1.807) is 0 Å². The van der Waals surface area contributed by atoms with E-state index in [0.29, 0.717) is 0 Å². The van der Waals surface area contributed by atoms with Gasteiger partial charge in [0.25, 0.3) is 12.7 Å². The van der Waals surface area contributed by atoms with E-state index >= 15 is 0 Å². The Morgan fingerprint density at radius 2 is 1.35 bits per heavy atom. The van der Waals surface area contributed by atoms with Gasteiger partial charge in [0.15, 0.2) is 0 Å². The molecule has 0 saturated carbocycles. The third-order valence-electron chi connectivity index (χ3n) is 1.15. The van der Waals surface area contributed by atoms with E-state index in [1.807, 2.05) is 0 Å². The first kappa shape index (κ1) is 23.9. The molecule has 11 heteroatoms. The second-order valence-electron chi connectivity index (χ2n) is 2.68. The fraction of sp³-hybridized carbons (Fsp3) is 0.333. The summed E-state index contributed by atoms with van der Waals surface area (Å²) in [5, 5.41) is 21.5. The van der Waals surface area contributed by atoms with Gasteiger partial charge in [0.05, 0.1) is 0 Å². The SMILES string of the molecule is C=CC(F)OC(=O)CC(=O)OC(F)C=C.OB(O)O.[H-].[Li+]. The van der Waals surface area contributed by atoms with E-state index in [9.17, 15) is 18.4 Å². The molecular weight excluding hydrogens is 276 g/mol. The summed E-state index contributed by atoms with van der Waals surface area (Å²) in [5.41, 5.74) is 0. The van der Waals surface area contributed by atoms with Crippen molar-refractivity contribution in [2.24, 2.45) is 0 Å². The molecule has 0 radical (unpaired) electrons. The first-order chi connectivity index (χ1) is 8.72. The number of alkyl halides is 2. The summed E-state index contributed by atoms with van der Waals surface area (Å²) >= 11 is 0. The Labute approximate surface area is 127 Å². The van der Waals surface area contributed by atoms with Gasteiger partial charge >= 0.3 is 38.1 Å². The molecule has 0 aromatic heterocycles. The van der Waals surface area contributed by atoms with Gasteiger partial charge in [-0.25, -0.2) is 0 Å². The zero-order chi connectivity index (χ0) is 15.4. The fourth-order valence-electron chi connectivity index (χ4n) is 0.549. The predicted molar refractivity (Wildman–Crippen MR) is 60.5 cm³/mol. The topological polar surface area (TPSA) is 113 Å². The minimum Gasteiger partial charge on any atom is -1.00 e. The average molecular weight is 290 g/mol. The largest absolute Gasteiger partial charge is 1.00 e. The van der Waals surface area contributed by atoms with Crippen LogP contribution in [0.1, 0.15) is 7.85 Å². The molecule has 0 aliphatic carbocycles.